The van der Waals surface area contributed by atoms with Crippen molar-refractivity contribution in [3.8, 4) is 0 Å². The van der Waals surface area contributed by atoms with Gasteiger partial charge in [-0.2, -0.15) is 0 Å². The monoisotopic (exact) mass is 118 g/mol. The van der Waals surface area contributed by atoms with Crippen LogP contribution >= 0.6 is 0 Å². The zero-order valence-electron chi connectivity index (χ0n) is 5.01. The zero-order valence-corrected chi connectivity index (χ0v) is 5.01. The molecule has 0 aromatic rings. The standard InChI is InChI=1S/C5H14N2O/c6-3-1-2-5(7)4-8/h5,8H,1-4,6-7H2/t5-/m0/s1. The highest BCUT2D eigenvalue weighted by Gasteiger charge is 1.96. The quantitative estimate of drug-likeness (QED) is 0.445. The molecular formula is C5H14N2O. The smallest absolute Gasteiger partial charge is 0.0582 e. The van der Waals surface area contributed by atoms with E-state index in [1.165, 1.54) is 0 Å². The summed E-state index contributed by atoms with van der Waals surface area (Å²) < 4.78 is 0. The average Bonchev–Trinajstić information content (AvgIpc) is 1.83. The Bertz CT molecular complexity index is 49.7. The second-order valence-corrected chi connectivity index (χ2v) is 1.87. The molecule has 0 aromatic carbocycles. The highest BCUT2D eigenvalue weighted by molar-refractivity contribution is 4.57. The number of hydrogen-bond donors (Lipinski definition) is 3. The number of aliphatic hydroxyl groups excluding tert-OH is 1. The molecule has 0 aliphatic carbocycles. The molecule has 5 N–H and O–H groups in total. The SMILES string of the molecule is NCCC[C@H](N)CO. The molecule has 0 aliphatic rings. The molecule has 0 bridgehead atoms. The molecule has 0 aliphatic heterocycles. The normalized spacial score (nSPS) is 13.9. The lowest BCUT2D eigenvalue weighted by atomic mass is 10.2. The van der Waals surface area contributed by atoms with E-state index in [1.807, 2.05) is 0 Å². The fourth-order valence-electron chi connectivity index (χ4n) is 0.471. The molecule has 1 atom stereocenters. The van der Waals surface area contributed by atoms with Crippen molar-refractivity contribution in [2.45, 2.75) is 18.9 Å². The molecule has 0 saturated carbocycles. The van der Waals surface area contributed by atoms with Crippen LogP contribution in [0.2, 0.25) is 0 Å². The summed E-state index contributed by atoms with van der Waals surface area (Å²) in [7, 11) is 0. The zero-order chi connectivity index (χ0) is 6.41. The van der Waals surface area contributed by atoms with Crippen molar-refractivity contribution in [3.63, 3.8) is 0 Å². The average molecular weight is 118 g/mol. The van der Waals surface area contributed by atoms with Crippen LogP contribution in [-0.4, -0.2) is 24.3 Å². The Balaban J connectivity index is 2.86. The van der Waals surface area contributed by atoms with Crippen LogP contribution in [0.25, 0.3) is 0 Å². The van der Waals surface area contributed by atoms with Crippen LogP contribution in [0.4, 0.5) is 0 Å². The first-order chi connectivity index (χ1) is 3.81. The van der Waals surface area contributed by atoms with E-state index in [0.29, 0.717) is 6.54 Å². The molecular weight excluding hydrogens is 104 g/mol. The van der Waals surface area contributed by atoms with Gasteiger partial charge in [-0.15, -0.1) is 0 Å². The van der Waals surface area contributed by atoms with Gasteiger partial charge in [-0.05, 0) is 19.4 Å². The van der Waals surface area contributed by atoms with E-state index in [4.69, 9.17) is 16.6 Å². The molecule has 8 heavy (non-hydrogen) atoms. The minimum absolute atomic E-state index is 0.0694. The van der Waals surface area contributed by atoms with Crippen LogP contribution in [-0.2, 0) is 0 Å². The number of hydrogen-bond acceptors (Lipinski definition) is 3. The Hall–Kier alpha value is -0.120. The van der Waals surface area contributed by atoms with Gasteiger partial charge in [0.1, 0.15) is 0 Å². The van der Waals surface area contributed by atoms with Crippen molar-refractivity contribution in [1.29, 1.82) is 0 Å². The number of nitrogens with two attached hydrogens (primary N) is 2. The predicted octanol–water partition coefficient (Wildman–Crippen LogP) is -0.955. The summed E-state index contributed by atoms with van der Waals surface area (Å²) in [5.74, 6) is 0. The van der Waals surface area contributed by atoms with Crippen molar-refractivity contribution in [1.82, 2.24) is 0 Å². The largest absolute Gasteiger partial charge is 0.395 e. The first-order valence-corrected chi connectivity index (χ1v) is 2.87. The second kappa shape index (κ2) is 5.03. The van der Waals surface area contributed by atoms with Crippen LogP contribution in [0.15, 0.2) is 0 Å². The van der Waals surface area contributed by atoms with E-state index in [9.17, 15) is 0 Å². The van der Waals surface area contributed by atoms with E-state index in [1.54, 1.807) is 0 Å². The molecule has 50 valence electrons. The number of rotatable bonds is 4. The molecule has 0 rings (SSSR count). The Morgan fingerprint density at radius 3 is 2.50 bits per heavy atom. The summed E-state index contributed by atoms with van der Waals surface area (Å²) in [5, 5.41) is 8.40. The first-order valence-electron chi connectivity index (χ1n) is 2.87. The van der Waals surface area contributed by atoms with Crippen molar-refractivity contribution >= 4 is 0 Å². The van der Waals surface area contributed by atoms with E-state index < -0.39 is 0 Å². The van der Waals surface area contributed by atoms with E-state index in [0.717, 1.165) is 12.8 Å². The van der Waals surface area contributed by atoms with Gasteiger partial charge in [-0.1, -0.05) is 0 Å². The Labute approximate surface area is 49.7 Å². The maximum absolute atomic E-state index is 8.40. The summed E-state index contributed by atoms with van der Waals surface area (Å²) >= 11 is 0. The third kappa shape index (κ3) is 4.05. The Kier molecular flexibility index (Phi) is 4.95. The molecule has 3 nitrogen and oxygen atoms in total. The lowest BCUT2D eigenvalue weighted by Gasteiger charge is -2.04. The summed E-state index contributed by atoms with van der Waals surface area (Å²) in [6.45, 7) is 0.730. The lowest BCUT2D eigenvalue weighted by molar-refractivity contribution is 0.259. The van der Waals surface area contributed by atoms with Gasteiger partial charge < -0.3 is 16.6 Å². The molecule has 0 aromatic heterocycles. The molecule has 0 saturated heterocycles. The third-order valence-corrected chi connectivity index (χ3v) is 1.01. The van der Waals surface area contributed by atoms with E-state index >= 15 is 0 Å². The lowest BCUT2D eigenvalue weighted by Crippen LogP contribution is -2.24. The fourth-order valence-corrected chi connectivity index (χ4v) is 0.471. The van der Waals surface area contributed by atoms with E-state index in [-0.39, 0.29) is 12.6 Å². The molecule has 0 radical (unpaired) electrons. The molecule has 0 fully saturated rings. The van der Waals surface area contributed by atoms with Crippen molar-refractivity contribution in [3.05, 3.63) is 0 Å². The van der Waals surface area contributed by atoms with Gasteiger partial charge in [0, 0.05) is 6.04 Å². The van der Waals surface area contributed by atoms with Gasteiger partial charge in [0.05, 0.1) is 6.61 Å². The van der Waals surface area contributed by atoms with Crippen LogP contribution in [0.3, 0.4) is 0 Å². The minimum atomic E-state index is -0.0708. The summed E-state index contributed by atoms with van der Waals surface area (Å²) in [6.07, 6.45) is 1.73. The van der Waals surface area contributed by atoms with Crippen molar-refractivity contribution in [2.75, 3.05) is 13.2 Å². The molecule has 0 unspecified atom stereocenters. The first kappa shape index (κ1) is 7.88. The highest BCUT2D eigenvalue weighted by atomic mass is 16.3. The Morgan fingerprint density at radius 2 is 2.12 bits per heavy atom. The van der Waals surface area contributed by atoms with Gasteiger partial charge >= 0.3 is 0 Å². The van der Waals surface area contributed by atoms with Crippen LogP contribution in [0.5, 0.6) is 0 Å². The van der Waals surface area contributed by atoms with Gasteiger partial charge in [0.15, 0.2) is 0 Å². The molecule has 0 spiro atoms. The minimum Gasteiger partial charge on any atom is -0.395 e. The topological polar surface area (TPSA) is 72.3 Å². The van der Waals surface area contributed by atoms with Crippen molar-refractivity contribution < 1.29 is 5.11 Å². The van der Waals surface area contributed by atoms with Crippen LogP contribution < -0.4 is 11.5 Å². The second-order valence-electron chi connectivity index (χ2n) is 1.87. The molecule has 3 heteroatoms. The maximum Gasteiger partial charge on any atom is 0.0582 e. The summed E-state index contributed by atoms with van der Waals surface area (Å²) in [6, 6.07) is -0.0708. The van der Waals surface area contributed by atoms with Gasteiger partial charge in [-0.3, -0.25) is 0 Å². The fraction of sp³-hybridized carbons (Fsp3) is 1.00. The van der Waals surface area contributed by atoms with Crippen LogP contribution in [0, 0.1) is 0 Å². The van der Waals surface area contributed by atoms with Gasteiger partial charge in [0.2, 0.25) is 0 Å². The number of aliphatic hydroxyl groups is 1. The van der Waals surface area contributed by atoms with Gasteiger partial charge in [0.25, 0.3) is 0 Å². The Morgan fingerprint density at radius 1 is 1.50 bits per heavy atom. The van der Waals surface area contributed by atoms with E-state index in [2.05, 4.69) is 0 Å². The van der Waals surface area contributed by atoms with Crippen molar-refractivity contribution in [2.24, 2.45) is 11.5 Å². The predicted molar refractivity (Wildman–Crippen MR) is 33.3 cm³/mol. The summed E-state index contributed by atoms with van der Waals surface area (Å²) in [5.41, 5.74) is 10.5. The van der Waals surface area contributed by atoms with Crippen LogP contribution in [0.1, 0.15) is 12.8 Å². The molecule has 0 amide bonds. The highest BCUT2D eigenvalue weighted by Crippen LogP contribution is 1.89. The molecule has 0 heterocycles. The van der Waals surface area contributed by atoms with Gasteiger partial charge in [-0.25, -0.2) is 0 Å². The third-order valence-electron chi connectivity index (χ3n) is 1.01. The summed E-state index contributed by atoms with van der Waals surface area (Å²) in [4.78, 5) is 0. The maximum atomic E-state index is 8.40.